The number of piperidine rings is 1. The zero-order valence-electron chi connectivity index (χ0n) is 12.7. The molecule has 116 valence electrons. The highest BCUT2D eigenvalue weighted by atomic mass is 16.4. The van der Waals surface area contributed by atoms with E-state index in [0.717, 1.165) is 44.0 Å². The van der Waals surface area contributed by atoms with Crippen molar-refractivity contribution in [3.8, 4) is 0 Å². The van der Waals surface area contributed by atoms with Crippen LogP contribution in [0.4, 0.5) is 0 Å². The van der Waals surface area contributed by atoms with Gasteiger partial charge in [0.05, 0.1) is 0 Å². The lowest BCUT2D eigenvalue weighted by Gasteiger charge is -2.35. The maximum atomic E-state index is 11.5. The van der Waals surface area contributed by atoms with Gasteiger partial charge in [-0.25, -0.2) is 4.79 Å². The Morgan fingerprint density at radius 1 is 1.29 bits per heavy atom. The first-order valence-corrected chi connectivity index (χ1v) is 8.10. The van der Waals surface area contributed by atoms with E-state index in [-0.39, 0.29) is 0 Å². The van der Waals surface area contributed by atoms with Crippen molar-refractivity contribution in [2.45, 2.75) is 64.0 Å². The zero-order valence-corrected chi connectivity index (χ0v) is 12.7. The van der Waals surface area contributed by atoms with Crippen LogP contribution in [0.25, 0.3) is 0 Å². The van der Waals surface area contributed by atoms with Crippen molar-refractivity contribution < 1.29 is 9.90 Å². The second-order valence-corrected chi connectivity index (χ2v) is 6.13. The van der Waals surface area contributed by atoms with Crippen LogP contribution in [0.5, 0.6) is 0 Å². The topological polar surface area (TPSA) is 71.2 Å². The SMILES string of the molecule is CCN1CCCCC1Cc1nnc2n1C(C(=O)O)CCC2. The molecule has 0 spiro atoms. The summed E-state index contributed by atoms with van der Waals surface area (Å²) in [6.45, 7) is 4.39. The van der Waals surface area contributed by atoms with Crippen molar-refractivity contribution in [1.29, 1.82) is 0 Å². The van der Waals surface area contributed by atoms with Crippen molar-refractivity contribution in [2.75, 3.05) is 13.1 Å². The van der Waals surface area contributed by atoms with E-state index in [1.165, 1.54) is 19.3 Å². The first-order valence-electron chi connectivity index (χ1n) is 8.10. The van der Waals surface area contributed by atoms with Crippen LogP contribution < -0.4 is 0 Å². The number of rotatable bonds is 4. The second kappa shape index (κ2) is 6.13. The third kappa shape index (κ3) is 2.81. The van der Waals surface area contributed by atoms with Crippen LogP contribution in [0, 0.1) is 0 Å². The molecule has 6 heteroatoms. The van der Waals surface area contributed by atoms with E-state index in [1.54, 1.807) is 0 Å². The molecule has 0 aromatic carbocycles. The average molecular weight is 292 g/mol. The minimum atomic E-state index is -0.756. The summed E-state index contributed by atoms with van der Waals surface area (Å²) in [5, 5.41) is 18.0. The Hall–Kier alpha value is -1.43. The van der Waals surface area contributed by atoms with E-state index < -0.39 is 12.0 Å². The fraction of sp³-hybridized carbons (Fsp3) is 0.800. The molecule has 0 saturated carbocycles. The number of likely N-dealkylation sites (N-methyl/N-ethyl adjacent to an activating group) is 1. The molecular weight excluding hydrogens is 268 g/mol. The summed E-state index contributed by atoms with van der Waals surface area (Å²) in [5.74, 6) is 0.956. The van der Waals surface area contributed by atoms with Crippen LogP contribution in [-0.2, 0) is 17.6 Å². The summed E-state index contributed by atoms with van der Waals surface area (Å²) in [5.41, 5.74) is 0. The van der Waals surface area contributed by atoms with E-state index in [9.17, 15) is 9.90 Å². The quantitative estimate of drug-likeness (QED) is 0.913. The van der Waals surface area contributed by atoms with Crippen molar-refractivity contribution in [3.05, 3.63) is 11.6 Å². The zero-order chi connectivity index (χ0) is 14.8. The summed E-state index contributed by atoms with van der Waals surface area (Å²) in [7, 11) is 0. The molecule has 0 radical (unpaired) electrons. The van der Waals surface area contributed by atoms with Gasteiger partial charge in [-0.1, -0.05) is 13.3 Å². The number of likely N-dealkylation sites (tertiary alicyclic amines) is 1. The number of hydrogen-bond donors (Lipinski definition) is 1. The van der Waals surface area contributed by atoms with Crippen molar-refractivity contribution >= 4 is 5.97 Å². The van der Waals surface area contributed by atoms with Crippen molar-refractivity contribution in [3.63, 3.8) is 0 Å². The number of carboxylic acid groups (broad SMARTS) is 1. The summed E-state index contributed by atoms with van der Waals surface area (Å²) in [6.07, 6.45) is 6.94. The number of aromatic nitrogens is 3. The molecule has 3 rings (SSSR count). The first-order chi connectivity index (χ1) is 10.2. The predicted molar refractivity (Wildman–Crippen MR) is 78.2 cm³/mol. The fourth-order valence-electron chi connectivity index (χ4n) is 3.76. The van der Waals surface area contributed by atoms with Crippen LogP contribution >= 0.6 is 0 Å². The molecule has 1 aromatic heterocycles. The molecule has 2 atom stereocenters. The minimum Gasteiger partial charge on any atom is -0.480 e. The van der Waals surface area contributed by atoms with Gasteiger partial charge in [0.15, 0.2) is 0 Å². The number of carbonyl (C=O) groups is 1. The first kappa shape index (κ1) is 14.5. The Balaban J connectivity index is 1.83. The molecule has 3 heterocycles. The van der Waals surface area contributed by atoms with Crippen LogP contribution in [0.2, 0.25) is 0 Å². The number of fused-ring (bicyclic) bond motifs is 1. The van der Waals surface area contributed by atoms with E-state index in [0.29, 0.717) is 12.5 Å². The highest BCUT2D eigenvalue weighted by Crippen LogP contribution is 2.27. The number of carboxylic acids is 1. The third-order valence-corrected chi connectivity index (χ3v) is 4.89. The second-order valence-electron chi connectivity index (χ2n) is 6.13. The van der Waals surface area contributed by atoms with Gasteiger partial charge in [0.1, 0.15) is 17.7 Å². The number of nitrogens with zero attached hydrogens (tertiary/aromatic N) is 4. The van der Waals surface area contributed by atoms with Gasteiger partial charge < -0.3 is 14.6 Å². The van der Waals surface area contributed by atoms with Gasteiger partial charge in [-0.3, -0.25) is 0 Å². The lowest BCUT2D eigenvalue weighted by atomic mass is 9.98. The summed E-state index contributed by atoms with van der Waals surface area (Å²) < 4.78 is 1.90. The number of hydrogen-bond acceptors (Lipinski definition) is 4. The fourth-order valence-corrected chi connectivity index (χ4v) is 3.76. The maximum Gasteiger partial charge on any atom is 0.326 e. The normalized spacial score (nSPS) is 26.5. The van der Waals surface area contributed by atoms with Gasteiger partial charge in [0.2, 0.25) is 0 Å². The summed E-state index contributed by atoms with van der Waals surface area (Å²) >= 11 is 0. The smallest absolute Gasteiger partial charge is 0.326 e. The largest absolute Gasteiger partial charge is 0.480 e. The highest BCUT2D eigenvalue weighted by Gasteiger charge is 2.31. The van der Waals surface area contributed by atoms with Crippen LogP contribution in [0.3, 0.4) is 0 Å². The van der Waals surface area contributed by atoms with Crippen LogP contribution in [-0.4, -0.2) is 49.9 Å². The molecule has 6 nitrogen and oxygen atoms in total. The van der Waals surface area contributed by atoms with Gasteiger partial charge in [0, 0.05) is 18.9 Å². The lowest BCUT2D eigenvalue weighted by Crippen LogP contribution is -2.41. The Labute approximate surface area is 125 Å². The lowest BCUT2D eigenvalue weighted by molar-refractivity contribution is -0.141. The monoisotopic (exact) mass is 292 g/mol. The van der Waals surface area contributed by atoms with Gasteiger partial charge >= 0.3 is 5.97 Å². The molecule has 1 saturated heterocycles. The molecule has 1 fully saturated rings. The maximum absolute atomic E-state index is 11.5. The van der Waals surface area contributed by atoms with Gasteiger partial charge in [0.25, 0.3) is 0 Å². The van der Waals surface area contributed by atoms with Crippen LogP contribution in [0.15, 0.2) is 0 Å². The molecule has 21 heavy (non-hydrogen) atoms. The average Bonchev–Trinajstić information content (AvgIpc) is 2.91. The van der Waals surface area contributed by atoms with Gasteiger partial charge in [-0.05, 0) is 38.8 Å². The highest BCUT2D eigenvalue weighted by molar-refractivity contribution is 5.72. The van der Waals surface area contributed by atoms with Crippen molar-refractivity contribution in [1.82, 2.24) is 19.7 Å². The molecule has 0 bridgehead atoms. The molecule has 2 aliphatic heterocycles. The Morgan fingerprint density at radius 2 is 2.14 bits per heavy atom. The van der Waals surface area contributed by atoms with E-state index in [1.807, 2.05) is 4.57 Å². The predicted octanol–water partition coefficient (Wildman–Crippen LogP) is 1.66. The molecule has 1 aromatic rings. The van der Waals surface area contributed by atoms with Crippen LogP contribution in [0.1, 0.15) is 56.7 Å². The Kier molecular flexibility index (Phi) is 4.24. The van der Waals surface area contributed by atoms with E-state index in [2.05, 4.69) is 22.0 Å². The molecular formula is C15H24N4O2. The van der Waals surface area contributed by atoms with Gasteiger partial charge in [-0.2, -0.15) is 0 Å². The Bertz CT molecular complexity index is 514. The molecule has 2 unspecified atom stereocenters. The summed E-state index contributed by atoms with van der Waals surface area (Å²) in [6, 6.07) is 0.00541. The van der Waals surface area contributed by atoms with E-state index in [4.69, 9.17) is 0 Å². The standard InChI is InChI=1S/C15H24N4O2/c1-2-18-9-4-3-6-11(18)10-14-17-16-13-8-5-7-12(15(20)21)19(13)14/h11-12H,2-10H2,1H3,(H,20,21). The number of aliphatic carboxylic acids is 1. The van der Waals surface area contributed by atoms with Gasteiger partial charge in [-0.15, -0.1) is 10.2 Å². The molecule has 1 N–H and O–H groups in total. The Morgan fingerprint density at radius 3 is 2.90 bits per heavy atom. The summed E-state index contributed by atoms with van der Waals surface area (Å²) in [4.78, 5) is 14.0. The van der Waals surface area contributed by atoms with E-state index >= 15 is 0 Å². The molecule has 0 amide bonds. The third-order valence-electron chi connectivity index (χ3n) is 4.89. The minimum absolute atomic E-state index is 0.475. The molecule has 0 aliphatic carbocycles. The molecule has 2 aliphatic rings. The van der Waals surface area contributed by atoms with Crippen molar-refractivity contribution in [2.24, 2.45) is 0 Å². The number of aryl methyl sites for hydroxylation is 1.